The lowest BCUT2D eigenvalue weighted by atomic mass is 9.83. The molecule has 1 aromatic rings. The molecule has 1 aromatic carbocycles. The molecule has 4 aliphatic heterocycles. The SMILES string of the molecule is Clc1ccc2c(c1)C(NC1CN3CCC1CC3)CCS2. The molecule has 5 rings (SSSR count). The number of thioether (sulfide) groups is 1. The predicted molar refractivity (Wildman–Crippen MR) is 85.6 cm³/mol. The van der Waals surface area contributed by atoms with Gasteiger partial charge in [-0.2, -0.15) is 0 Å². The zero-order chi connectivity index (χ0) is 13.5. The van der Waals surface area contributed by atoms with Gasteiger partial charge in [0.2, 0.25) is 0 Å². The van der Waals surface area contributed by atoms with E-state index in [2.05, 4.69) is 22.3 Å². The molecule has 0 aromatic heterocycles. The smallest absolute Gasteiger partial charge is 0.0410 e. The Hall–Kier alpha value is -0.220. The fourth-order valence-corrected chi connectivity index (χ4v) is 5.24. The van der Waals surface area contributed by atoms with E-state index in [9.17, 15) is 0 Å². The van der Waals surface area contributed by atoms with Crippen LogP contribution >= 0.6 is 23.4 Å². The standard InChI is InChI=1S/C16H21ClN2S/c17-12-1-2-16-13(9-12)14(5-8-20-16)18-15-10-19-6-3-11(15)4-7-19/h1-2,9,11,14-15,18H,3-8,10H2. The number of nitrogens with one attached hydrogen (secondary N) is 1. The van der Waals surface area contributed by atoms with Gasteiger partial charge in [0.05, 0.1) is 0 Å². The van der Waals surface area contributed by atoms with Crippen molar-refractivity contribution >= 4 is 23.4 Å². The largest absolute Gasteiger partial charge is 0.306 e. The number of piperidine rings is 3. The first-order valence-electron chi connectivity index (χ1n) is 7.70. The third kappa shape index (κ3) is 2.50. The van der Waals surface area contributed by atoms with Crippen LogP contribution in [0.2, 0.25) is 5.02 Å². The van der Waals surface area contributed by atoms with E-state index >= 15 is 0 Å². The van der Waals surface area contributed by atoms with Gasteiger partial charge in [-0.3, -0.25) is 0 Å². The molecule has 4 aliphatic rings. The quantitative estimate of drug-likeness (QED) is 0.899. The van der Waals surface area contributed by atoms with Gasteiger partial charge >= 0.3 is 0 Å². The summed E-state index contributed by atoms with van der Waals surface area (Å²) < 4.78 is 0. The minimum Gasteiger partial charge on any atom is -0.306 e. The minimum absolute atomic E-state index is 0.496. The van der Waals surface area contributed by atoms with E-state index in [1.165, 1.54) is 55.1 Å². The van der Waals surface area contributed by atoms with Crippen LogP contribution in [0.25, 0.3) is 0 Å². The summed E-state index contributed by atoms with van der Waals surface area (Å²) in [4.78, 5) is 4.04. The van der Waals surface area contributed by atoms with E-state index in [1.54, 1.807) is 0 Å². The van der Waals surface area contributed by atoms with Crippen LogP contribution < -0.4 is 5.32 Å². The number of halogens is 1. The topological polar surface area (TPSA) is 15.3 Å². The summed E-state index contributed by atoms with van der Waals surface area (Å²) in [5.41, 5.74) is 1.42. The summed E-state index contributed by atoms with van der Waals surface area (Å²) in [5, 5.41) is 4.83. The molecule has 0 amide bonds. The molecule has 2 unspecified atom stereocenters. The monoisotopic (exact) mass is 308 g/mol. The maximum atomic E-state index is 6.20. The summed E-state index contributed by atoms with van der Waals surface area (Å²) >= 11 is 8.17. The minimum atomic E-state index is 0.496. The van der Waals surface area contributed by atoms with Gasteiger partial charge in [0.15, 0.2) is 0 Å². The Labute approximate surface area is 130 Å². The highest BCUT2D eigenvalue weighted by Gasteiger charge is 2.35. The molecule has 0 saturated carbocycles. The Morgan fingerprint density at radius 2 is 2.05 bits per heavy atom. The van der Waals surface area contributed by atoms with Crippen molar-refractivity contribution in [3.63, 3.8) is 0 Å². The molecule has 0 spiro atoms. The predicted octanol–water partition coefficient (Wildman–Crippen LogP) is 3.56. The maximum Gasteiger partial charge on any atom is 0.0410 e. The Kier molecular flexibility index (Phi) is 3.71. The highest BCUT2D eigenvalue weighted by molar-refractivity contribution is 7.99. The van der Waals surface area contributed by atoms with E-state index in [0.29, 0.717) is 12.1 Å². The number of fused-ring (bicyclic) bond motifs is 4. The average Bonchev–Trinajstić information content (AvgIpc) is 2.49. The van der Waals surface area contributed by atoms with Crippen molar-refractivity contribution in [2.45, 2.75) is 36.2 Å². The molecule has 20 heavy (non-hydrogen) atoms. The number of hydrogen-bond acceptors (Lipinski definition) is 3. The first-order chi connectivity index (χ1) is 9.79. The first-order valence-corrected chi connectivity index (χ1v) is 9.06. The molecule has 3 fully saturated rings. The van der Waals surface area contributed by atoms with Crippen LogP contribution in [0.15, 0.2) is 23.1 Å². The van der Waals surface area contributed by atoms with Crippen LogP contribution in [-0.4, -0.2) is 36.3 Å². The van der Waals surface area contributed by atoms with Crippen LogP contribution in [0, 0.1) is 5.92 Å². The third-order valence-electron chi connectivity index (χ3n) is 5.08. The Balaban J connectivity index is 1.54. The summed E-state index contributed by atoms with van der Waals surface area (Å²) in [6.45, 7) is 3.86. The molecule has 2 nitrogen and oxygen atoms in total. The molecule has 0 radical (unpaired) electrons. The molecule has 2 atom stereocenters. The van der Waals surface area contributed by atoms with Crippen LogP contribution in [0.1, 0.15) is 30.9 Å². The van der Waals surface area contributed by atoms with Crippen LogP contribution in [0.5, 0.6) is 0 Å². The van der Waals surface area contributed by atoms with Gasteiger partial charge < -0.3 is 10.2 Å². The second-order valence-corrected chi connectivity index (χ2v) is 7.86. The molecule has 0 aliphatic carbocycles. The van der Waals surface area contributed by atoms with Gasteiger partial charge in [-0.25, -0.2) is 0 Å². The van der Waals surface area contributed by atoms with Crippen molar-refractivity contribution in [2.24, 2.45) is 5.92 Å². The van der Waals surface area contributed by atoms with E-state index in [1.807, 2.05) is 17.8 Å². The zero-order valence-corrected chi connectivity index (χ0v) is 13.2. The van der Waals surface area contributed by atoms with Gasteiger partial charge in [-0.05, 0) is 67.8 Å². The highest BCUT2D eigenvalue weighted by atomic mass is 35.5. The summed E-state index contributed by atoms with van der Waals surface area (Å²) in [6, 6.07) is 7.55. The van der Waals surface area contributed by atoms with E-state index < -0.39 is 0 Å². The molecular formula is C16H21ClN2S. The fourth-order valence-electron chi connectivity index (χ4n) is 3.95. The molecular weight excluding hydrogens is 288 g/mol. The summed E-state index contributed by atoms with van der Waals surface area (Å²) in [7, 11) is 0. The lowest BCUT2D eigenvalue weighted by Gasteiger charge is -2.46. The number of hydrogen-bond donors (Lipinski definition) is 1. The van der Waals surface area contributed by atoms with Crippen molar-refractivity contribution in [3.05, 3.63) is 28.8 Å². The highest BCUT2D eigenvalue weighted by Crippen LogP contribution is 2.39. The van der Waals surface area contributed by atoms with Gasteiger partial charge in [-0.15, -0.1) is 11.8 Å². The lowest BCUT2D eigenvalue weighted by molar-refractivity contribution is 0.0664. The van der Waals surface area contributed by atoms with Crippen LogP contribution in [0.3, 0.4) is 0 Å². The second-order valence-electron chi connectivity index (χ2n) is 6.28. The molecule has 4 heteroatoms. The zero-order valence-electron chi connectivity index (χ0n) is 11.6. The van der Waals surface area contributed by atoms with Gasteiger partial charge in [-0.1, -0.05) is 11.6 Å². The molecule has 2 bridgehead atoms. The Morgan fingerprint density at radius 1 is 1.20 bits per heavy atom. The fraction of sp³-hybridized carbons (Fsp3) is 0.625. The normalized spacial score (nSPS) is 35.9. The van der Waals surface area contributed by atoms with Crippen molar-refractivity contribution in [2.75, 3.05) is 25.4 Å². The number of nitrogens with zero attached hydrogens (tertiary/aromatic N) is 1. The van der Waals surface area contributed by atoms with Crippen LogP contribution in [0.4, 0.5) is 0 Å². The summed E-state index contributed by atoms with van der Waals surface area (Å²) in [6.07, 6.45) is 3.98. The lowest BCUT2D eigenvalue weighted by Crippen LogP contribution is -2.56. The van der Waals surface area contributed by atoms with Crippen LogP contribution in [-0.2, 0) is 0 Å². The molecule has 1 N–H and O–H groups in total. The first kappa shape index (κ1) is 13.4. The van der Waals surface area contributed by atoms with Crippen molar-refractivity contribution in [1.82, 2.24) is 10.2 Å². The second kappa shape index (κ2) is 5.53. The Bertz CT molecular complexity index is 499. The number of rotatable bonds is 2. The van der Waals surface area contributed by atoms with E-state index in [4.69, 9.17) is 11.6 Å². The van der Waals surface area contributed by atoms with E-state index in [-0.39, 0.29) is 0 Å². The maximum absolute atomic E-state index is 6.20. The van der Waals surface area contributed by atoms with Gasteiger partial charge in [0, 0.05) is 28.5 Å². The molecule has 4 heterocycles. The van der Waals surface area contributed by atoms with Gasteiger partial charge in [0.25, 0.3) is 0 Å². The van der Waals surface area contributed by atoms with Crippen molar-refractivity contribution in [3.8, 4) is 0 Å². The molecule has 3 saturated heterocycles. The number of benzene rings is 1. The van der Waals surface area contributed by atoms with Crippen molar-refractivity contribution < 1.29 is 0 Å². The summed E-state index contributed by atoms with van der Waals surface area (Å²) in [5.74, 6) is 2.10. The van der Waals surface area contributed by atoms with E-state index in [0.717, 1.165) is 10.9 Å². The Morgan fingerprint density at radius 3 is 2.80 bits per heavy atom. The third-order valence-corrected chi connectivity index (χ3v) is 6.44. The van der Waals surface area contributed by atoms with Gasteiger partial charge in [0.1, 0.15) is 0 Å². The van der Waals surface area contributed by atoms with Crippen molar-refractivity contribution in [1.29, 1.82) is 0 Å². The average molecular weight is 309 g/mol. The molecule has 108 valence electrons.